The molecule has 6 heteroatoms. The molecule has 1 aromatic rings. The molecule has 96 valence electrons. The van der Waals surface area contributed by atoms with Crippen molar-refractivity contribution in [3.63, 3.8) is 0 Å². The molecule has 0 radical (unpaired) electrons. The Morgan fingerprint density at radius 1 is 1.29 bits per heavy atom. The van der Waals surface area contributed by atoms with Gasteiger partial charge in [-0.25, -0.2) is 13.1 Å². The molecular formula is C11H16ClNO3S. The highest BCUT2D eigenvalue weighted by molar-refractivity contribution is 7.89. The van der Waals surface area contributed by atoms with E-state index in [0.29, 0.717) is 5.75 Å². The predicted molar refractivity (Wildman–Crippen MR) is 68.1 cm³/mol. The van der Waals surface area contributed by atoms with Gasteiger partial charge < -0.3 is 4.74 Å². The molecule has 0 aliphatic rings. The minimum absolute atomic E-state index is 0.0508. The predicted octanol–water partition coefficient (Wildman–Crippen LogP) is 2.43. The topological polar surface area (TPSA) is 55.4 Å². The summed E-state index contributed by atoms with van der Waals surface area (Å²) in [5, 5.41) is 0.140. The van der Waals surface area contributed by atoms with Crippen LogP contribution in [-0.4, -0.2) is 21.1 Å². The van der Waals surface area contributed by atoms with Crippen molar-refractivity contribution in [1.82, 2.24) is 4.72 Å². The third kappa shape index (κ3) is 3.87. The van der Waals surface area contributed by atoms with E-state index in [-0.39, 0.29) is 9.92 Å². The maximum absolute atomic E-state index is 12.0. The number of nitrogens with one attached hydrogen (secondary N) is 1. The van der Waals surface area contributed by atoms with Gasteiger partial charge in [-0.1, -0.05) is 11.6 Å². The summed E-state index contributed by atoms with van der Waals surface area (Å²) in [4.78, 5) is 0.0508. The highest BCUT2D eigenvalue weighted by Gasteiger charge is 2.24. The Bertz CT molecular complexity index is 506. The normalized spacial score (nSPS) is 12.5. The zero-order valence-corrected chi connectivity index (χ0v) is 11.8. The van der Waals surface area contributed by atoms with E-state index in [1.807, 2.05) is 0 Å². The molecule has 0 aliphatic carbocycles. The SMILES string of the molecule is COc1ccc(S(=O)(=O)NC(C)(C)C)c(Cl)c1. The average Bonchev–Trinajstić information content (AvgIpc) is 2.13. The fourth-order valence-electron chi connectivity index (χ4n) is 1.28. The van der Waals surface area contributed by atoms with Gasteiger partial charge in [0.15, 0.2) is 0 Å². The van der Waals surface area contributed by atoms with Gasteiger partial charge in [0.25, 0.3) is 0 Å². The Balaban J connectivity index is 3.16. The van der Waals surface area contributed by atoms with Crippen molar-refractivity contribution < 1.29 is 13.2 Å². The van der Waals surface area contributed by atoms with Gasteiger partial charge in [0, 0.05) is 11.6 Å². The summed E-state index contributed by atoms with van der Waals surface area (Å²) in [6.07, 6.45) is 0. The second kappa shape index (κ2) is 4.84. The first-order chi connectivity index (χ1) is 7.65. The molecule has 0 atom stereocenters. The van der Waals surface area contributed by atoms with Gasteiger partial charge in [0.1, 0.15) is 10.6 Å². The van der Waals surface area contributed by atoms with Crippen LogP contribution in [0.5, 0.6) is 5.75 Å². The molecule has 0 aromatic heterocycles. The molecule has 0 unspecified atom stereocenters. The van der Waals surface area contributed by atoms with Crippen LogP contribution in [0.1, 0.15) is 20.8 Å². The lowest BCUT2D eigenvalue weighted by Gasteiger charge is -2.20. The van der Waals surface area contributed by atoms with Crippen LogP contribution in [0, 0.1) is 0 Å². The summed E-state index contributed by atoms with van der Waals surface area (Å²) >= 11 is 5.92. The van der Waals surface area contributed by atoms with E-state index in [0.717, 1.165) is 0 Å². The largest absolute Gasteiger partial charge is 0.497 e. The van der Waals surface area contributed by atoms with Gasteiger partial charge in [-0.15, -0.1) is 0 Å². The Hall–Kier alpha value is -0.780. The van der Waals surface area contributed by atoms with Crippen molar-refractivity contribution in [2.45, 2.75) is 31.2 Å². The van der Waals surface area contributed by atoms with E-state index >= 15 is 0 Å². The molecule has 1 rings (SSSR count). The molecule has 0 fully saturated rings. The first kappa shape index (κ1) is 14.3. The Morgan fingerprint density at radius 3 is 2.29 bits per heavy atom. The van der Waals surface area contributed by atoms with Gasteiger partial charge in [-0.05, 0) is 32.9 Å². The van der Waals surface area contributed by atoms with Crippen LogP contribution in [-0.2, 0) is 10.0 Å². The van der Waals surface area contributed by atoms with E-state index in [4.69, 9.17) is 16.3 Å². The molecule has 0 saturated heterocycles. The second-order valence-corrected chi connectivity index (χ2v) is 6.71. The molecular weight excluding hydrogens is 262 g/mol. The zero-order chi connectivity index (χ0) is 13.3. The number of hydrogen-bond acceptors (Lipinski definition) is 3. The highest BCUT2D eigenvalue weighted by atomic mass is 35.5. The van der Waals surface area contributed by atoms with Gasteiger partial charge >= 0.3 is 0 Å². The lowest BCUT2D eigenvalue weighted by Crippen LogP contribution is -2.40. The summed E-state index contributed by atoms with van der Waals surface area (Å²) in [5.41, 5.74) is -0.553. The van der Waals surface area contributed by atoms with Crippen molar-refractivity contribution in [1.29, 1.82) is 0 Å². The monoisotopic (exact) mass is 277 g/mol. The van der Waals surface area contributed by atoms with E-state index in [2.05, 4.69) is 4.72 Å². The standard InChI is InChI=1S/C11H16ClNO3S/c1-11(2,3)13-17(14,15)10-6-5-8(16-4)7-9(10)12/h5-7,13H,1-4H3. The van der Waals surface area contributed by atoms with Crippen LogP contribution < -0.4 is 9.46 Å². The lowest BCUT2D eigenvalue weighted by molar-refractivity contribution is 0.414. The average molecular weight is 278 g/mol. The number of ether oxygens (including phenoxy) is 1. The maximum Gasteiger partial charge on any atom is 0.242 e. The van der Waals surface area contributed by atoms with Gasteiger partial charge in [0.2, 0.25) is 10.0 Å². The Labute approximate surface area is 107 Å². The van der Waals surface area contributed by atoms with Crippen molar-refractivity contribution in [2.24, 2.45) is 0 Å². The second-order valence-electron chi connectivity index (χ2n) is 4.65. The summed E-state index contributed by atoms with van der Waals surface area (Å²) in [6, 6.07) is 4.46. The summed E-state index contributed by atoms with van der Waals surface area (Å²) < 4.78 is 31.6. The van der Waals surface area contributed by atoms with Gasteiger partial charge in [0.05, 0.1) is 12.1 Å². The van der Waals surface area contributed by atoms with E-state index < -0.39 is 15.6 Å². The zero-order valence-electron chi connectivity index (χ0n) is 10.2. The fraction of sp³-hybridized carbons (Fsp3) is 0.455. The van der Waals surface area contributed by atoms with Crippen LogP contribution in [0.4, 0.5) is 0 Å². The summed E-state index contributed by atoms with van der Waals surface area (Å²) in [5.74, 6) is 0.518. The van der Waals surface area contributed by atoms with Gasteiger partial charge in [-0.3, -0.25) is 0 Å². The maximum atomic E-state index is 12.0. The molecule has 1 aromatic carbocycles. The summed E-state index contributed by atoms with van der Waals surface area (Å²) in [7, 11) is -2.12. The first-order valence-corrected chi connectivity index (χ1v) is 6.89. The molecule has 0 heterocycles. The minimum atomic E-state index is -3.61. The number of hydrogen-bond donors (Lipinski definition) is 1. The molecule has 0 amide bonds. The molecule has 17 heavy (non-hydrogen) atoms. The molecule has 0 bridgehead atoms. The van der Waals surface area contributed by atoms with Crippen molar-refractivity contribution >= 4 is 21.6 Å². The van der Waals surface area contributed by atoms with Gasteiger partial charge in [-0.2, -0.15) is 0 Å². The summed E-state index contributed by atoms with van der Waals surface area (Å²) in [6.45, 7) is 5.30. The van der Waals surface area contributed by atoms with Crippen molar-refractivity contribution in [3.05, 3.63) is 23.2 Å². The third-order valence-electron chi connectivity index (χ3n) is 1.87. The molecule has 0 aliphatic heterocycles. The fourth-order valence-corrected chi connectivity index (χ4v) is 3.24. The van der Waals surface area contributed by atoms with Crippen LogP contribution in [0.15, 0.2) is 23.1 Å². The van der Waals surface area contributed by atoms with Crippen molar-refractivity contribution in [3.8, 4) is 5.75 Å². The third-order valence-corrected chi connectivity index (χ3v) is 4.11. The van der Waals surface area contributed by atoms with Crippen LogP contribution in [0.25, 0.3) is 0 Å². The lowest BCUT2D eigenvalue weighted by atomic mass is 10.1. The first-order valence-electron chi connectivity index (χ1n) is 5.03. The highest BCUT2D eigenvalue weighted by Crippen LogP contribution is 2.26. The number of benzene rings is 1. The molecule has 4 nitrogen and oxygen atoms in total. The number of halogens is 1. The number of rotatable bonds is 3. The Morgan fingerprint density at radius 2 is 1.88 bits per heavy atom. The number of methoxy groups -OCH3 is 1. The minimum Gasteiger partial charge on any atom is -0.497 e. The Kier molecular flexibility index (Phi) is 4.06. The van der Waals surface area contributed by atoms with Crippen LogP contribution >= 0.6 is 11.6 Å². The van der Waals surface area contributed by atoms with E-state index in [9.17, 15) is 8.42 Å². The molecule has 0 saturated carbocycles. The van der Waals surface area contributed by atoms with Crippen molar-refractivity contribution in [2.75, 3.05) is 7.11 Å². The smallest absolute Gasteiger partial charge is 0.242 e. The van der Waals surface area contributed by atoms with Crippen LogP contribution in [0.3, 0.4) is 0 Å². The molecule has 1 N–H and O–H groups in total. The van der Waals surface area contributed by atoms with Crippen LogP contribution in [0.2, 0.25) is 5.02 Å². The molecule has 0 spiro atoms. The van der Waals surface area contributed by atoms with E-state index in [1.54, 1.807) is 26.8 Å². The number of sulfonamides is 1. The quantitative estimate of drug-likeness (QED) is 0.923. The van der Waals surface area contributed by atoms with E-state index in [1.165, 1.54) is 19.2 Å².